The van der Waals surface area contributed by atoms with Crippen LogP contribution in [0, 0.1) is 5.92 Å². The Morgan fingerprint density at radius 1 is 1.25 bits per heavy atom. The van der Waals surface area contributed by atoms with Crippen molar-refractivity contribution in [3.63, 3.8) is 0 Å². The van der Waals surface area contributed by atoms with Crippen molar-refractivity contribution in [2.75, 3.05) is 39.5 Å². The average molecular weight is 826 g/mol. The van der Waals surface area contributed by atoms with E-state index in [2.05, 4.69) is 19.2 Å². The van der Waals surface area contributed by atoms with Gasteiger partial charge in [0.2, 0.25) is 11.8 Å². The van der Waals surface area contributed by atoms with Gasteiger partial charge in [-0.1, -0.05) is 63.9 Å². The first kappa shape index (κ1) is 44.8. The van der Waals surface area contributed by atoms with Gasteiger partial charge in [0.25, 0.3) is 0 Å². The molecule has 3 heterocycles. The molecule has 0 saturated carbocycles. The molecule has 0 aliphatic carbocycles. The van der Waals surface area contributed by atoms with Crippen molar-refractivity contribution in [1.29, 1.82) is 0 Å². The van der Waals surface area contributed by atoms with Crippen LogP contribution in [0.25, 0.3) is 0 Å². The summed E-state index contributed by atoms with van der Waals surface area (Å²) in [5, 5.41) is 14.5. The molecule has 4 bridgehead atoms. The first-order valence-corrected chi connectivity index (χ1v) is 21.2. The smallest absolute Gasteiger partial charge is 0.409 e. The molecule has 0 unspecified atom stereocenters. The van der Waals surface area contributed by atoms with Crippen LogP contribution in [0.3, 0.4) is 0 Å². The van der Waals surface area contributed by atoms with Crippen LogP contribution in [0.2, 0.25) is 5.02 Å². The number of hydrogen-bond acceptors (Lipinski definition) is 12. The van der Waals surface area contributed by atoms with Gasteiger partial charge in [-0.15, -0.1) is 0 Å². The molecule has 0 radical (unpaired) electrons. The van der Waals surface area contributed by atoms with E-state index in [9.17, 15) is 24.3 Å². The highest BCUT2D eigenvalue weighted by Gasteiger charge is 2.64. The number of esters is 1. The number of alkyl carbamates (subject to hydrolysis) is 1. The molecule has 1 aromatic rings. The Bertz CT molecular complexity index is 1680. The van der Waals surface area contributed by atoms with Crippen LogP contribution >= 0.6 is 33.2 Å². The van der Waals surface area contributed by atoms with Crippen LogP contribution in [-0.2, 0) is 39.8 Å². The first-order valence-electron chi connectivity index (χ1n) is 18.3. The Morgan fingerprint density at radius 2 is 1.95 bits per heavy atom. The number of carbonyl (C=O) groups is 4. The molecule has 0 spiro atoms. The second-order valence-electron chi connectivity index (χ2n) is 15.4. The number of fused-ring (bicyclic) bond motifs is 5. The van der Waals surface area contributed by atoms with Crippen LogP contribution < -0.4 is 15.0 Å². The van der Waals surface area contributed by atoms with E-state index in [4.69, 9.17) is 35.3 Å². The third-order valence-electron chi connectivity index (χ3n) is 10.8. The van der Waals surface area contributed by atoms with Gasteiger partial charge in [-0.3, -0.25) is 14.9 Å². The fraction of sp³-hybridized carbons (Fsp3) is 0.641. The number of methoxy groups -OCH3 is 2. The maximum absolute atomic E-state index is 14.2. The molecule has 0 aromatic heterocycles. The van der Waals surface area contributed by atoms with Gasteiger partial charge >= 0.3 is 12.1 Å². The lowest BCUT2D eigenvalue weighted by atomic mass is 9.83. The highest BCUT2D eigenvalue weighted by atomic mass is 35.5. The van der Waals surface area contributed by atoms with Crippen LogP contribution in [0.5, 0.6) is 5.75 Å². The minimum atomic E-state index is -1.83. The molecule has 3 amide bonds. The number of anilines is 1. The summed E-state index contributed by atoms with van der Waals surface area (Å²) in [6.07, 6.45) is 3.81. The van der Waals surface area contributed by atoms with Crippen LogP contribution in [0.4, 0.5) is 10.5 Å². The van der Waals surface area contributed by atoms with E-state index in [-0.39, 0.29) is 34.9 Å². The average Bonchev–Trinajstić information content (AvgIpc) is 3.82. The molecule has 3 aliphatic heterocycles. The van der Waals surface area contributed by atoms with Crippen molar-refractivity contribution in [1.82, 2.24) is 10.2 Å². The summed E-state index contributed by atoms with van der Waals surface area (Å²) in [4.78, 5) is 56.9. The molecule has 2 fully saturated rings. The minimum Gasteiger partial charge on any atom is -0.495 e. The van der Waals surface area contributed by atoms with E-state index in [0.29, 0.717) is 24.3 Å². The lowest BCUT2D eigenvalue weighted by molar-refractivity contribution is -0.162. The summed E-state index contributed by atoms with van der Waals surface area (Å²) in [7, 11) is 9.39. The number of aliphatic hydroxyl groups is 1. The number of epoxide rings is 1. The van der Waals surface area contributed by atoms with Gasteiger partial charge in [-0.25, -0.2) is 9.59 Å². The quantitative estimate of drug-likeness (QED) is 0.160. The number of ether oxygens (including phenoxy) is 5. The number of likely N-dealkylation sites (N-methyl/N-ethyl adjacent to an activating group) is 1. The zero-order valence-corrected chi connectivity index (χ0v) is 36.0. The van der Waals surface area contributed by atoms with Gasteiger partial charge in [0, 0.05) is 44.7 Å². The number of benzene rings is 1. The van der Waals surface area contributed by atoms with Crippen molar-refractivity contribution >= 4 is 62.8 Å². The number of hydrogen-bond donors (Lipinski definition) is 2. The lowest BCUT2D eigenvalue weighted by Gasteiger charge is -2.42. The molecule has 2 saturated heterocycles. The third-order valence-corrected chi connectivity index (χ3v) is 13.8. The van der Waals surface area contributed by atoms with Crippen LogP contribution in [0.1, 0.15) is 72.8 Å². The largest absolute Gasteiger partial charge is 0.495 e. The number of nitrogens with zero attached hydrogens (tertiary/aromatic N) is 2. The summed E-state index contributed by atoms with van der Waals surface area (Å²) in [6, 6.07) is 2.62. The number of nitrogens with one attached hydrogen (secondary N) is 1. The number of carbonyl (C=O) groups excluding carboxylic acids is 4. The number of amides is 3. The van der Waals surface area contributed by atoms with Crippen molar-refractivity contribution in [3.8, 4) is 5.75 Å². The molecule has 13 nitrogen and oxygen atoms in total. The molecular weight excluding hydrogens is 770 g/mol. The molecule has 306 valence electrons. The van der Waals surface area contributed by atoms with E-state index in [0.717, 1.165) is 11.1 Å². The van der Waals surface area contributed by atoms with E-state index in [1.165, 1.54) is 24.0 Å². The topological polar surface area (TPSA) is 156 Å². The normalized spacial score (nSPS) is 30.2. The summed E-state index contributed by atoms with van der Waals surface area (Å²) in [5.74, 6) is -1.50. The molecule has 8 atom stereocenters. The molecule has 55 heavy (non-hydrogen) atoms. The standard InChI is InChI=1S/C39H56ClN3O10S2/c1-22-13-12-14-29(50-10)39(48)21-28(51-36(47)41-39)23(2)34-38(6,53-34)30(20-32(45)43(8)26-18-25(17-22)19-27(49-9)33(26)40)52-35(46)24(3)42(7)31(44)15-16-37(4,5)55-54-11/h12-14,18-19,23-24,28-30,34,48H,15-17,20-21H2,1-11H3,(H,41,47)/b14-12?,22-13-/t23-,24+,28+,29-,30+,34+,38+,39+/m1/s1. The lowest BCUT2D eigenvalue weighted by Crippen LogP contribution is -2.63. The molecular formula is C39H56ClN3O10S2. The zero-order valence-electron chi connectivity index (χ0n) is 33.6. The van der Waals surface area contributed by atoms with Gasteiger partial charge < -0.3 is 38.6 Å². The van der Waals surface area contributed by atoms with E-state index < -0.39 is 65.7 Å². The van der Waals surface area contributed by atoms with Crippen molar-refractivity contribution < 1.29 is 48.0 Å². The first-order chi connectivity index (χ1) is 25.7. The van der Waals surface area contributed by atoms with Crippen LogP contribution in [-0.4, -0.2) is 115 Å². The van der Waals surface area contributed by atoms with Crippen molar-refractivity contribution in [2.45, 2.75) is 120 Å². The van der Waals surface area contributed by atoms with E-state index >= 15 is 0 Å². The predicted octanol–water partition coefficient (Wildman–Crippen LogP) is 6.08. The summed E-state index contributed by atoms with van der Waals surface area (Å²) in [5.41, 5.74) is -0.900. The SMILES string of the molecule is COc1cc2cc(c1Cl)N(C)C(=O)C[C@H](OC(=O)[C@H](C)N(C)C(=O)CCC(C)(C)SSC)[C@]1(C)O[C@H]1[C@H](C)[C@@H]1C[C@@](O)(NC(=O)O1)[C@H](OC)C=C/C=C(/C)C2. The maximum Gasteiger partial charge on any atom is 0.409 e. The summed E-state index contributed by atoms with van der Waals surface area (Å²) in [6.45, 7) is 11.2. The highest BCUT2D eigenvalue weighted by Crippen LogP contribution is 2.49. The minimum absolute atomic E-state index is 0.0478. The molecule has 4 rings (SSSR count). The summed E-state index contributed by atoms with van der Waals surface area (Å²) >= 11 is 6.78. The Morgan fingerprint density at radius 3 is 2.58 bits per heavy atom. The molecule has 2 N–H and O–H groups in total. The molecule has 16 heteroatoms. The fourth-order valence-corrected chi connectivity index (χ4v) is 9.62. The predicted molar refractivity (Wildman–Crippen MR) is 215 cm³/mol. The van der Waals surface area contributed by atoms with Crippen molar-refractivity contribution in [3.05, 3.63) is 46.5 Å². The third kappa shape index (κ3) is 10.5. The van der Waals surface area contributed by atoms with Gasteiger partial charge in [-0.05, 0) is 71.4 Å². The second-order valence-corrected chi connectivity index (χ2v) is 18.9. The highest BCUT2D eigenvalue weighted by molar-refractivity contribution is 8.76. The van der Waals surface area contributed by atoms with Gasteiger partial charge in [0.15, 0.2) is 5.72 Å². The second kappa shape index (κ2) is 18.1. The van der Waals surface area contributed by atoms with Crippen molar-refractivity contribution in [2.24, 2.45) is 5.92 Å². The molecule has 3 aliphatic rings. The Labute approximate surface area is 337 Å². The number of rotatable bonds is 10. The van der Waals surface area contributed by atoms with E-state index in [1.807, 2.05) is 26.2 Å². The van der Waals surface area contributed by atoms with Gasteiger partial charge in [0.1, 0.15) is 40.7 Å². The Balaban J connectivity index is 1.71. The Kier molecular flexibility index (Phi) is 14.7. The van der Waals surface area contributed by atoms with E-state index in [1.54, 1.807) is 73.8 Å². The maximum atomic E-state index is 14.2. The zero-order chi connectivity index (χ0) is 41.0. The summed E-state index contributed by atoms with van der Waals surface area (Å²) < 4.78 is 29.2. The number of halogens is 1. The van der Waals surface area contributed by atoms with Crippen LogP contribution in [0.15, 0.2) is 35.9 Å². The monoisotopic (exact) mass is 825 g/mol. The molecule has 1 aromatic carbocycles. The fourth-order valence-electron chi connectivity index (χ4n) is 7.07. The van der Waals surface area contributed by atoms with Gasteiger partial charge in [-0.2, -0.15) is 0 Å². The number of allylic oxidation sites excluding steroid dienone is 3. The van der Waals surface area contributed by atoms with Gasteiger partial charge in [0.05, 0.1) is 25.3 Å². The Hall–Kier alpha value is -2.95.